The highest BCUT2D eigenvalue weighted by Crippen LogP contribution is 2.36. The molecule has 5 heteroatoms. The van der Waals surface area contributed by atoms with Crippen LogP contribution in [-0.2, 0) is 0 Å². The second-order valence-electron chi connectivity index (χ2n) is 4.87. The van der Waals surface area contributed by atoms with E-state index in [-0.39, 0.29) is 0 Å². The van der Waals surface area contributed by atoms with Crippen LogP contribution in [0.25, 0.3) is 0 Å². The number of hydrogen-bond acceptors (Lipinski definition) is 2. The number of benzene rings is 1. The van der Waals surface area contributed by atoms with Crippen LogP contribution in [0.1, 0.15) is 13.8 Å². The lowest BCUT2D eigenvalue weighted by molar-refractivity contribution is -0.158. The summed E-state index contributed by atoms with van der Waals surface area (Å²) in [5.74, 6) is 0.595. The minimum atomic E-state index is -4.36. The lowest BCUT2D eigenvalue weighted by Crippen LogP contribution is -2.46. The molecule has 0 fully saturated rings. The van der Waals surface area contributed by atoms with Gasteiger partial charge in [0.25, 0.3) is 0 Å². The van der Waals surface area contributed by atoms with Gasteiger partial charge in [-0.05, 0) is 24.3 Å². The number of methoxy groups -OCH3 is 1. The van der Waals surface area contributed by atoms with Crippen LogP contribution in [0.15, 0.2) is 36.9 Å². The van der Waals surface area contributed by atoms with Crippen molar-refractivity contribution in [2.24, 2.45) is 5.41 Å². The summed E-state index contributed by atoms with van der Waals surface area (Å²) < 4.78 is 44.3. The number of rotatable bonds is 5. The van der Waals surface area contributed by atoms with Crippen molar-refractivity contribution in [2.45, 2.75) is 26.1 Å². The van der Waals surface area contributed by atoms with Crippen molar-refractivity contribution in [2.75, 3.05) is 12.4 Å². The molecule has 2 nitrogen and oxygen atoms in total. The largest absolute Gasteiger partial charge is 0.497 e. The maximum absolute atomic E-state index is 13.1. The molecule has 0 aliphatic heterocycles. The van der Waals surface area contributed by atoms with Crippen LogP contribution < -0.4 is 10.1 Å². The summed E-state index contributed by atoms with van der Waals surface area (Å²) >= 11 is 0. The van der Waals surface area contributed by atoms with Crippen molar-refractivity contribution in [3.8, 4) is 5.75 Å². The minimum absolute atomic E-state index is 0.387. The second kappa shape index (κ2) is 5.55. The summed E-state index contributed by atoms with van der Waals surface area (Å²) in [7, 11) is 1.50. The van der Waals surface area contributed by atoms with E-state index in [1.165, 1.54) is 27.0 Å². The van der Waals surface area contributed by atoms with E-state index in [1.807, 2.05) is 0 Å². The lowest BCUT2D eigenvalue weighted by Gasteiger charge is -2.34. The van der Waals surface area contributed by atoms with E-state index >= 15 is 0 Å². The first-order chi connectivity index (χ1) is 8.70. The standard InChI is InChI=1S/C14H18F3NO/c1-5-13(2,3)12(14(15,16)17)18-10-6-8-11(19-4)9-7-10/h5-9,12,18H,1H2,2-4H3. The molecule has 1 unspecified atom stereocenters. The van der Waals surface area contributed by atoms with Crippen molar-refractivity contribution in [1.29, 1.82) is 0 Å². The van der Waals surface area contributed by atoms with Gasteiger partial charge in [0.2, 0.25) is 0 Å². The van der Waals surface area contributed by atoms with Gasteiger partial charge in [-0.1, -0.05) is 19.9 Å². The van der Waals surface area contributed by atoms with Crippen LogP contribution in [-0.4, -0.2) is 19.3 Å². The van der Waals surface area contributed by atoms with Crippen LogP contribution in [0.2, 0.25) is 0 Å². The molecule has 1 aromatic carbocycles. The van der Waals surface area contributed by atoms with E-state index in [2.05, 4.69) is 11.9 Å². The number of halogens is 3. The molecule has 0 bridgehead atoms. The number of nitrogens with one attached hydrogen (secondary N) is 1. The molecule has 0 aliphatic rings. The zero-order chi connectivity index (χ0) is 14.7. The smallest absolute Gasteiger partial charge is 0.409 e. The quantitative estimate of drug-likeness (QED) is 0.810. The molecular formula is C14H18F3NO. The Labute approximate surface area is 111 Å². The second-order valence-corrected chi connectivity index (χ2v) is 4.87. The topological polar surface area (TPSA) is 21.3 Å². The third-order valence-electron chi connectivity index (χ3n) is 3.00. The third-order valence-corrected chi connectivity index (χ3v) is 3.00. The summed E-state index contributed by atoms with van der Waals surface area (Å²) in [5.41, 5.74) is -0.726. The molecular weight excluding hydrogens is 255 g/mol. The molecule has 0 amide bonds. The fourth-order valence-electron chi connectivity index (χ4n) is 1.66. The average molecular weight is 273 g/mol. The molecule has 0 aromatic heterocycles. The van der Waals surface area contributed by atoms with Crippen molar-refractivity contribution in [3.05, 3.63) is 36.9 Å². The van der Waals surface area contributed by atoms with E-state index < -0.39 is 17.6 Å². The molecule has 0 heterocycles. The van der Waals surface area contributed by atoms with Gasteiger partial charge < -0.3 is 10.1 Å². The number of alkyl halides is 3. The first kappa shape index (κ1) is 15.4. The van der Waals surface area contributed by atoms with Crippen LogP contribution in [0.3, 0.4) is 0 Å². The molecule has 1 N–H and O–H groups in total. The van der Waals surface area contributed by atoms with Crippen molar-refractivity contribution >= 4 is 5.69 Å². The minimum Gasteiger partial charge on any atom is -0.497 e. The maximum Gasteiger partial charge on any atom is 0.409 e. The van der Waals surface area contributed by atoms with Gasteiger partial charge in [0, 0.05) is 11.1 Å². The van der Waals surface area contributed by atoms with E-state index in [0.717, 1.165) is 0 Å². The molecule has 106 valence electrons. The van der Waals surface area contributed by atoms with Gasteiger partial charge in [-0.15, -0.1) is 6.58 Å². The van der Waals surface area contributed by atoms with Crippen LogP contribution in [0.5, 0.6) is 5.75 Å². The zero-order valence-corrected chi connectivity index (χ0v) is 11.2. The van der Waals surface area contributed by atoms with E-state index in [1.54, 1.807) is 24.3 Å². The molecule has 1 rings (SSSR count). The highest BCUT2D eigenvalue weighted by atomic mass is 19.4. The summed E-state index contributed by atoms with van der Waals surface area (Å²) in [5, 5.41) is 2.51. The first-order valence-corrected chi connectivity index (χ1v) is 5.81. The Morgan fingerprint density at radius 3 is 2.11 bits per heavy atom. The third kappa shape index (κ3) is 3.91. The fourth-order valence-corrected chi connectivity index (χ4v) is 1.66. The molecule has 19 heavy (non-hydrogen) atoms. The van der Waals surface area contributed by atoms with Gasteiger partial charge in [0.05, 0.1) is 7.11 Å². The van der Waals surface area contributed by atoms with Gasteiger partial charge in [0.15, 0.2) is 0 Å². The zero-order valence-electron chi connectivity index (χ0n) is 11.2. The van der Waals surface area contributed by atoms with Gasteiger partial charge >= 0.3 is 6.18 Å². The highest BCUT2D eigenvalue weighted by Gasteiger charge is 2.47. The Hall–Kier alpha value is -1.65. The molecule has 0 radical (unpaired) electrons. The van der Waals surface area contributed by atoms with Crippen molar-refractivity contribution in [3.63, 3.8) is 0 Å². The Bertz CT molecular complexity index is 423. The van der Waals surface area contributed by atoms with Crippen LogP contribution >= 0.6 is 0 Å². The lowest BCUT2D eigenvalue weighted by atomic mass is 9.84. The van der Waals surface area contributed by atoms with Gasteiger partial charge in [-0.25, -0.2) is 0 Å². The predicted octanol–water partition coefficient (Wildman–Crippen LogP) is 4.25. The SMILES string of the molecule is C=CC(C)(C)C(Nc1ccc(OC)cc1)C(F)(F)F. The monoisotopic (exact) mass is 273 g/mol. The van der Waals surface area contributed by atoms with E-state index in [4.69, 9.17) is 4.74 Å². The number of ether oxygens (including phenoxy) is 1. The number of anilines is 1. The summed E-state index contributed by atoms with van der Waals surface area (Å²) in [4.78, 5) is 0. The Morgan fingerprint density at radius 2 is 1.74 bits per heavy atom. The van der Waals surface area contributed by atoms with E-state index in [9.17, 15) is 13.2 Å². The Kier molecular flexibility index (Phi) is 4.50. The molecule has 0 saturated carbocycles. The van der Waals surface area contributed by atoms with Gasteiger partial charge in [-0.3, -0.25) is 0 Å². The highest BCUT2D eigenvalue weighted by molar-refractivity contribution is 5.48. The van der Waals surface area contributed by atoms with Gasteiger partial charge in [0.1, 0.15) is 11.8 Å². The first-order valence-electron chi connectivity index (χ1n) is 5.81. The molecule has 0 spiro atoms. The molecule has 0 aliphatic carbocycles. The van der Waals surface area contributed by atoms with Crippen molar-refractivity contribution < 1.29 is 17.9 Å². The number of hydrogen-bond donors (Lipinski definition) is 1. The maximum atomic E-state index is 13.1. The predicted molar refractivity (Wildman–Crippen MR) is 70.4 cm³/mol. The molecule has 0 saturated heterocycles. The Morgan fingerprint density at radius 1 is 1.21 bits per heavy atom. The van der Waals surface area contributed by atoms with Crippen LogP contribution in [0.4, 0.5) is 18.9 Å². The average Bonchev–Trinajstić information content (AvgIpc) is 2.35. The molecule has 1 atom stereocenters. The van der Waals surface area contributed by atoms with Crippen molar-refractivity contribution in [1.82, 2.24) is 0 Å². The van der Waals surface area contributed by atoms with Gasteiger partial charge in [-0.2, -0.15) is 13.2 Å². The summed E-state index contributed by atoms with van der Waals surface area (Å²) in [6.45, 7) is 6.47. The van der Waals surface area contributed by atoms with Crippen LogP contribution in [0, 0.1) is 5.41 Å². The summed E-state index contributed by atoms with van der Waals surface area (Å²) in [6, 6.07) is 4.62. The summed E-state index contributed by atoms with van der Waals surface area (Å²) in [6.07, 6.45) is -3.06. The fraction of sp³-hybridized carbons (Fsp3) is 0.429. The molecule has 1 aromatic rings. The Balaban J connectivity index is 2.98. The normalized spacial score (nSPS) is 13.8. The van der Waals surface area contributed by atoms with E-state index in [0.29, 0.717) is 11.4 Å².